The van der Waals surface area contributed by atoms with Crippen LogP contribution in [0.4, 0.5) is 5.82 Å². The fraction of sp³-hybridized carbons (Fsp3) is 0.111. The summed E-state index contributed by atoms with van der Waals surface area (Å²) >= 11 is 0. The van der Waals surface area contributed by atoms with E-state index in [4.69, 9.17) is 5.73 Å². The average Bonchev–Trinajstić information content (AvgIpc) is 2.53. The van der Waals surface area contributed by atoms with Crippen molar-refractivity contribution in [1.29, 1.82) is 0 Å². The molecule has 66 valence electrons. The molecule has 0 amide bonds. The minimum atomic E-state index is 0.444. The van der Waals surface area contributed by atoms with Gasteiger partial charge in [0.1, 0.15) is 5.82 Å². The fourth-order valence-electron chi connectivity index (χ4n) is 1.15. The molecule has 0 aliphatic carbocycles. The minimum Gasteiger partial charge on any atom is -0.382 e. The molecule has 2 N–H and O–H groups in total. The van der Waals surface area contributed by atoms with Crippen LogP contribution in [0.1, 0.15) is 0 Å². The van der Waals surface area contributed by atoms with Crippen LogP contribution >= 0.6 is 0 Å². The fourth-order valence-corrected chi connectivity index (χ4v) is 1.15. The lowest BCUT2D eigenvalue weighted by atomic mass is 10.2. The molecule has 0 aliphatic heterocycles. The SMILES string of the molecule is Cn1ccc(-c2ccc(N)nn2)c1. The van der Waals surface area contributed by atoms with E-state index in [1.165, 1.54) is 0 Å². The van der Waals surface area contributed by atoms with Gasteiger partial charge in [-0.15, -0.1) is 10.2 Å². The molecule has 4 nitrogen and oxygen atoms in total. The van der Waals surface area contributed by atoms with Crippen LogP contribution in [0, 0.1) is 0 Å². The quantitative estimate of drug-likeness (QED) is 0.703. The number of aryl methyl sites for hydroxylation is 1. The van der Waals surface area contributed by atoms with Gasteiger partial charge in [-0.25, -0.2) is 0 Å². The largest absolute Gasteiger partial charge is 0.382 e. The number of rotatable bonds is 1. The number of aromatic nitrogens is 3. The molecule has 13 heavy (non-hydrogen) atoms. The monoisotopic (exact) mass is 174 g/mol. The standard InChI is InChI=1S/C9H10N4/c1-13-5-4-7(6-13)8-2-3-9(10)12-11-8/h2-6H,1H3,(H2,10,12). The summed E-state index contributed by atoms with van der Waals surface area (Å²) in [6.45, 7) is 0. The van der Waals surface area contributed by atoms with Gasteiger partial charge in [0.2, 0.25) is 0 Å². The topological polar surface area (TPSA) is 56.7 Å². The molecule has 0 aliphatic rings. The average molecular weight is 174 g/mol. The second-order valence-corrected chi connectivity index (χ2v) is 2.91. The Morgan fingerprint density at radius 1 is 1.23 bits per heavy atom. The zero-order valence-corrected chi connectivity index (χ0v) is 7.31. The molecule has 0 spiro atoms. The van der Waals surface area contributed by atoms with Gasteiger partial charge in [-0.1, -0.05) is 0 Å². The van der Waals surface area contributed by atoms with E-state index in [1.807, 2.05) is 36.1 Å². The third-order valence-corrected chi connectivity index (χ3v) is 1.81. The van der Waals surface area contributed by atoms with E-state index < -0.39 is 0 Å². The van der Waals surface area contributed by atoms with Crippen molar-refractivity contribution in [2.75, 3.05) is 5.73 Å². The van der Waals surface area contributed by atoms with Crippen molar-refractivity contribution in [2.24, 2.45) is 7.05 Å². The van der Waals surface area contributed by atoms with Crippen LogP contribution in [0.3, 0.4) is 0 Å². The summed E-state index contributed by atoms with van der Waals surface area (Å²) in [5.41, 5.74) is 7.32. The van der Waals surface area contributed by atoms with Gasteiger partial charge in [0.05, 0.1) is 5.69 Å². The Labute approximate surface area is 76.0 Å². The van der Waals surface area contributed by atoms with E-state index in [1.54, 1.807) is 6.07 Å². The van der Waals surface area contributed by atoms with Gasteiger partial charge in [-0.2, -0.15) is 0 Å². The molecule has 0 saturated heterocycles. The molecule has 2 rings (SSSR count). The molecule has 2 heterocycles. The molecule has 4 heteroatoms. The van der Waals surface area contributed by atoms with Crippen molar-refractivity contribution in [3.8, 4) is 11.3 Å². The molecule has 0 aromatic carbocycles. The van der Waals surface area contributed by atoms with E-state index in [2.05, 4.69) is 10.2 Å². The molecule has 0 saturated carbocycles. The van der Waals surface area contributed by atoms with E-state index >= 15 is 0 Å². The van der Waals surface area contributed by atoms with Gasteiger partial charge >= 0.3 is 0 Å². The second kappa shape index (κ2) is 2.90. The lowest BCUT2D eigenvalue weighted by molar-refractivity contribution is 0.927. The first-order valence-electron chi connectivity index (χ1n) is 3.97. The number of nitrogen functional groups attached to an aromatic ring is 1. The first kappa shape index (κ1) is 7.79. The van der Waals surface area contributed by atoms with Crippen LogP contribution in [0.2, 0.25) is 0 Å². The Kier molecular flexibility index (Phi) is 1.73. The smallest absolute Gasteiger partial charge is 0.146 e. The summed E-state index contributed by atoms with van der Waals surface area (Å²) in [5.74, 6) is 0.444. The van der Waals surface area contributed by atoms with Gasteiger partial charge < -0.3 is 10.3 Å². The summed E-state index contributed by atoms with van der Waals surface area (Å²) < 4.78 is 1.97. The Balaban J connectivity index is 2.41. The summed E-state index contributed by atoms with van der Waals surface area (Å²) in [5, 5.41) is 7.76. The first-order chi connectivity index (χ1) is 6.25. The van der Waals surface area contributed by atoms with Crippen molar-refractivity contribution >= 4 is 5.82 Å². The molecule has 0 fully saturated rings. The summed E-state index contributed by atoms with van der Waals surface area (Å²) in [6.07, 6.45) is 3.95. The third-order valence-electron chi connectivity index (χ3n) is 1.81. The molecule has 0 radical (unpaired) electrons. The highest BCUT2D eigenvalue weighted by Crippen LogP contribution is 2.15. The van der Waals surface area contributed by atoms with Crippen molar-refractivity contribution in [1.82, 2.24) is 14.8 Å². The van der Waals surface area contributed by atoms with E-state index in [-0.39, 0.29) is 0 Å². The minimum absolute atomic E-state index is 0.444. The molecule has 2 aromatic rings. The highest BCUT2D eigenvalue weighted by molar-refractivity contribution is 5.58. The van der Waals surface area contributed by atoms with Gasteiger partial charge in [0, 0.05) is 25.0 Å². The lowest BCUT2D eigenvalue weighted by Crippen LogP contribution is -1.93. The maximum absolute atomic E-state index is 5.43. The molecular weight excluding hydrogens is 164 g/mol. The molecule has 2 aromatic heterocycles. The highest BCUT2D eigenvalue weighted by atomic mass is 15.1. The Morgan fingerprint density at radius 2 is 2.08 bits per heavy atom. The lowest BCUT2D eigenvalue weighted by Gasteiger charge is -1.95. The van der Waals surface area contributed by atoms with Gasteiger partial charge in [0.25, 0.3) is 0 Å². The maximum atomic E-state index is 5.43. The van der Waals surface area contributed by atoms with Crippen molar-refractivity contribution in [3.63, 3.8) is 0 Å². The van der Waals surface area contributed by atoms with Gasteiger partial charge in [-0.3, -0.25) is 0 Å². The van der Waals surface area contributed by atoms with Gasteiger partial charge in [-0.05, 0) is 18.2 Å². The third kappa shape index (κ3) is 1.51. The van der Waals surface area contributed by atoms with Crippen molar-refractivity contribution < 1.29 is 0 Å². The van der Waals surface area contributed by atoms with Crippen LogP contribution in [0.5, 0.6) is 0 Å². The zero-order chi connectivity index (χ0) is 9.26. The summed E-state index contributed by atoms with van der Waals surface area (Å²) in [7, 11) is 1.97. The molecule has 0 unspecified atom stereocenters. The first-order valence-corrected chi connectivity index (χ1v) is 3.97. The number of anilines is 1. The molecule has 0 atom stereocenters. The number of hydrogen-bond donors (Lipinski definition) is 1. The highest BCUT2D eigenvalue weighted by Gasteiger charge is 2.00. The predicted octanol–water partition coefficient (Wildman–Crippen LogP) is 1.06. The number of hydrogen-bond acceptors (Lipinski definition) is 3. The van der Waals surface area contributed by atoms with Crippen molar-refractivity contribution in [2.45, 2.75) is 0 Å². The van der Waals surface area contributed by atoms with Crippen LogP contribution in [-0.4, -0.2) is 14.8 Å². The van der Waals surface area contributed by atoms with E-state index in [9.17, 15) is 0 Å². The van der Waals surface area contributed by atoms with Crippen LogP contribution in [-0.2, 0) is 7.05 Å². The van der Waals surface area contributed by atoms with Crippen LogP contribution < -0.4 is 5.73 Å². The normalized spacial score (nSPS) is 10.2. The Hall–Kier alpha value is -1.84. The molecule has 0 bridgehead atoms. The van der Waals surface area contributed by atoms with E-state index in [0.717, 1.165) is 11.3 Å². The summed E-state index contributed by atoms with van der Waals surface area (Å²) in [4.78, 5) is 0. The number of nitrogens with two attached hydrogens (primary N) is 1. The predicted molar refractivity (Wildman–Crippen MR) is 50.9 cm³/mol. The maximum Gasteiger partial charge on any atom is 0.146 e. The van der Waals surface area contributed by atoms with E-state index in [0.29, 0.717) is 5.82 Å². The second-order valence-electron chi connectivity index (χ2n) is 2.91. The zero-order valence-electron chi connectivity index (χ0n) is 7.31. The molecular formula is C9H10N4. The number of nitrogens with zero attached hydrogens (tertiary/aromatic N) is 3. The van der Waals surface area contributed by atoms with Crippen LogP contribution in [0.15, 0.2) is 30.6 Å². The van der Waals surface area contributed by atoms with Crippen LogP contribution in [0.25, 0.3) is 11.3 Å². The Bertz CT molecular complexity index is 402. The summed E-state index contributed by atoms with van der Waals surface area (Å²) in [6, 6.07) is 5.59. The van der Waals surface area contributed by atoms with Crippen molar-refractivity contribution in [3.05, 3.63) is 30.6 Å². The van der Waals surface area contributed by atoms with Gasteiger partial charge in [0.15, 0.2) is 0 Å². The Morgan fingerprint density at radius 3 is 2.62 bits per heavy atom.